The lowest BCUT2D eigenvalue weighted by Crippen LogP contribution is -2.49. The van der Waals surface area contributed by atoms with Crippen LogP contribution in [0.4, 0.5) is 4.79 Å². The maximum atomic E-state index is 13.0. The van der Waals surface area contributed by atoms with Crippen molar-refractivity contribution < 1.29 is 9.59 Å². The van der Waals surface area contributed by atoms with Gasteiger partial charge in [0.15, 0.2) is 0 Å². The Morgan fingerprint density at radius 1 is 1.16 bits per heavy atom. The number of likely N-dealkylation sites (tertiary alicyclic amines) is 1. The summed E-state index contributed by atoms with van der Waals surface area (Å²) in [5, 5.41) is 7.41. The number of amides is 3. The maximum Gasteiger partial charge on any atom is 0.318 e. The number of hydrogen-bond acceptors (Lipinski definition) is 3. The first-order chi connectivity index (χ1) is 14.9. The van der Waals surface area contributed by atoms with E-state index in [9.17, 15) is 9.59 Å². The number of urea groups is 1. The van der Waals surface area contributed by atoms with Gasteiger partial charge in [0.25, 0.3) is 0 Å². The number of rotatable bonds is 5. The Balaban J connectivity index is 1.38. The minimum Gasteiger partial charge on any atom is -0.340 e. The SMILES string of the molecule is CN(Cc1ccc(Cl)cc1)C(=O)[C@H]1CCCN1C(=O)NCc1csc2ccc(Cl)cc12. The number of halogens is 2. The van der Waals surface area contributed by atoms with Crippen LogP contribution in [0.1, 0.15) is 24.0 Å². The fraction of sp³-hybridized carbons (Fsp3) is 0.304. The van der Waals surface area contributed by atoms with Crippen molar-refractivity contribution in [1.82, 2.24) is 15.1 Å². The van der Waals surface area contributed by atoms with E-state index >= 15 is 0 Å². The molecule has 0 radical (unpaired) electrons. The van der Waals surface area contributed by atoms with Crippen molar-refractivity contribution in [3.05, 3.63) is 69.0 Å². The molecule has 1 saturated heterocycles. The summed E-state index contributed by atoms with van der Waals surface area (Å²) < 4.78 is 1.13. The molecule has 1 aliphatic heterocycles. The van der Waals surface area contributed by atoms with Crippen molar-refractivity contribution in [3.8, 4) is 0 Å². The van der Waals surface area contributed by atoms with Crippen LogP contribution in [-0.2, 0) is 17.9 Å². The highest BCUT2D eigenvalue weighted by atomic mass is 35.5. The first kappa shape index (κ1) is 21.9. The number of thiophene rings is 1. The molecule has 31 heavy (non-hydrogen) atoms. The third-order valence-corrected chi connectivity index (χ3v) is 7.05. The summed E-state index contributed by atoms with van der Waals surface area (Å²) in [6.45, 7) is 1.45. The Hall–Kier alpha value is -2.28. The first-order valence-electron chi connectivity index (χ1n) is 10.1. The van der Waals surface area contributed by atoms with E-state index in [0.717, 1.165) is 27.6 Å². The molecule has 2 heterocycles. The number of carbonyl (C=O) groups excluding carboxylic acids is 2. The largest absolute Gasteiger partial charge is 0.340 e. The molecule has 3 amide bonds. The van der Waals surface area contributed by atoms with E-state index in [0.29, 0.717) is 36.1 Å². The van der Waals surface area contributed by atoms with E-state index in [4.69, 9.17) is 23.2 Å². The average molecular weight is 476 g/mol. The van der Waals surface area contributed by atoms with Crippen LogP contribution in [0.3, 0.4) is 0 Å². The van der Waals surface area contributed by atoms with Crippen LogP contribution < -0.4 is 5.32 Å². The highest BCUT2D eigenvalue weighted by Gasteiger charge is 2.35. The standard InChI is InChI=1S/C23H23Cl2N3O2S/c1-27(13-15-4-6-17(24)7-5-15)22(29)20-3-2-10-28(20)23(30)26-12-16-14-31-21-9-8-18(25)11-19(16)21/h4-9,11,14,20H,2-3,10,12-13H2,1H3,(H,26,30)/t20-/m1/s1. The summed E-state index contributed by atoms with van der Waals surface area (Å²) >= 11 is 13.7. The van der Waals surface area contributed by atoms with Crippen molar-refractivity contribution in [2.45, 2.75) is 32.0 Å². The van der Waals surface area contributed by atoms with Gasteiger partial charge in [-0.15, -0.1) is 11.3 Å². The zero-order valence-electron chi connectivity index (χ0n) is 17.1. The van der Waals surface area contributed by atoms with Crippen molar-refractivity contribution in [2.75, 3.05) is 13.6 Å². The minimum atomic E-state index is -0.439. The number of likely N-dealkylation sites (N-methyl/N-ethyl adjacent to an activating group) is 1. The van der Waals surface area contributed by atoms with Crippen LogP contribution in [-0.4, -0.2) is 41.4 Å². The second-order valence-corrected chi connectivity index (χ2v) is 9.52. The zero-order chi connectivity index (χ0) is 22.0. The molecule has 4 rings (SSSR count). The van der Waals surface area contributed by atoms with E-state index in [-0.39, 0.29) is 11.9 Å². The van der Waals surface area contributed by atoms with Crippen LogP contribution in [0, 0.1) is 0 Å². The Morgan fingerprint density at radius 2 is 1.90 bits per heavy atom. The van der Waals surface area contributed by atoms with Crippen molar-refractivity contribution in [2.24, 2.45) is 0 Å². The van der Waals surface area contributed by atoms with Crippen LogP contribution in [0.5, 0.6) is 0 Å². The zero-order valence-corrected chi connectivity index (χ0v) is 19.4. The van der Waals surface area contributed by atoms with Crippen molar-refractivity contribution in [3.63, 3.8) is 0 Å². The van der Waals surface area contributed by atoms with Gasteiger partial charge in [-0.2, -0.15) is 0 Å². The molecule has 1 aliphatic rings. The molecule has 5 nitrogen and oxygen atoms in total. The van der Waals surface area contributed by atoms with E-state index in [1.54, 1.807) is 28.2 Å². The minimum absolute atomic E-state index is 0.0460. The summed E-state index contributed by atoms with van der Waals surface area (Å²) in [5.74, 6) is -0.0460. The normalized spacial score (nSPS) is 16.0. The van der Waals surface area contributed by atoms with Crippen LogP contribution >= 0.6 is 34.5 Å². The van der Waals surface area contributed by atoms with Gasteiger partial charge in [-0.1, -0.05) is 35.3 Å². The van der Waals surface area contributed by atoms with Gasteiger partial charge in [-0.05, 0) is 65.1 Å². The van der Waals surface area contributed by atoms with Crippen LogP contribution in [0.2, 0.25) is 10.0 Å². The number of nitrogens with one attached hydrogen (secondary N) is 1. The molecule has 2 aromatic carbocycles. The van der Waals surface area contributed by atoms with E-state index in [1.807, 2.05) is 47.8 Å². The van der Waals surface area contributed by atoms with E-state index in [1.165, 1.54) is 0 Å². The molecular weight excluding hydrogens is 453 g/mol. The van der Waals surface area contributed by atoms with Gasteiger partial charge < -0.3 is 15.1 Å². The smallest absolute Gasteiger partial charge is 0.318 e. The fourth-order valence-electron chi connectivity index (χ4n) is 3.93. The predicted molar refractivity (Wildman–Crippen MR) is 127 cm³/mol. The number of fused-ring (bicyclic) bond motifs is 1. The lowest BCUT2D eigenvalue weighted by Gasteiger charge is -2.28. The summed E-state index contributed by atoms with van der Waals surface area (Å²) in [5.41, 5.74) is 2.02. The highest BCUT2D eigenvalue weighted by molar-refractivity contribution is 7.17. The molecule has 0 aliphatic carbocycles. The molecule has 1 aromatic heterocycles. The molecule has 0 spiro atoms. The Morgan fingerprint density at radius 3 is 2.68 bits per heavy atom. The highest BCUT2D eigenvalue weighted by Crippen LogP contribution is 2.29. The van der Waals surface area contributed by atoms with Gasteiger partial charge in [0.2, 0.25) is 5.91 Å². The maximum absolute atomic E-state index is 13.0. The Bertz CT molecular complexity index is 1100. The quantitative estimate of drug-likeness (QED) is 0.526. The van der Waals surface area contributed by atoms with Crippen LogP contribution in [0.15, 0.2) is 47.8 Å². The van der Waals surface area contributed by atoms with Gasteiger partial charge >= 0.3 is 6.03 Å². The van der Waals surface area contributed by atoms with Gasteiger partial charge in [0.05, 0.1) is 0 Å². The molecule has 1 atom stereocenters. The molecule has 3 aromatic rings. The molecule has 1 fully saturated rings. The van der Waals surface area contributed by atoms with Gasteiger partial charge in [-0.25, -0.2) is 4.79 Å². The summed E-state index contributed by atoms with van der Waals surface area (Å²) in [4.78, 5) is 29.3. The molecule has 0 saturated carbocycles. The van der Waals surface area contributed by atoms with Crippen molar-refractivity contribution in [1.29, 1.82) is 0 Å². The molecule has 0 bridgehead atoms. The molecule has 1 N–H and O–H groups in total. The predicted octanol–water partition coefficient (Wildman–Crippen LogP) is 5.54. The topological polar surface area (TPSA) is 52.7 Å². The molecule has 0 unspecified atom stereocenters. The monoisotopic (exact) mass is 475 g/mol. The van der Waals surface area contributed by atoms with Gasteiger partial charge in [0.1, 0.15) is 6.04 Å². The van der Waals surface area contributed by atoms with E-state index < -0.39 is 6.04 Å². The van der Waals surface area contributed by atoms with Crippen molar-refractivity contribution >= 4 is 56.6 Å². The summed E-state index contributed by atoms with van der Waals surface area (Å²) in [6, 6.07) is 12.6. The Labute approximate surface area is 195 Å². The van der Waals surface area contributed by atoms with Gasteiger partial charge in [0, 0.05) is 41.4 Å². The summed E-state index contributed by atoms with van der Waals surface area (Å²) in [6.07, 6.45) is 1.49. The van der Waals surface area contributed by atoms with Gasteiger partial charge in [-0.3, -0.25) is 4.79 Å². The number of carbonyl (C=O) groups is 2. The third kappa shape index (κ3) is 4.97. The Kier molecular flexibility index (Phi) is 6.70. The first-order valence-corrected chi connectivity index (χ1v) is 11.8. The lowest BCUT2D eigenvalue weighted by molar-refractivity contribution is -0.134. The molecule has 8 heteroatoms. The third-order valence-electron chi connectivity index (χ3n) is 5.55. The number of benzene rings is 2. The summed E-state index contributed by atoms with van der Waals surface area (Å²) in [7, 11) is 1.77. The van der Waals surface area contributed by atoms with E-state index in [2.05, 4.69) is 5.32 Å². The molecule has 162 valence electrons. The second kappa shape index (κ2) is 9.47. The average Bonchev–Trinajstić information content (AvgIpc) is 3.40. The lowest BCUT2D eigenvalue weighted by atomic mass is 10.1. The number of nitrogens with zero attached hydrogens (tertiary/aromatic N) is 2. The molecular formula is C23H23Cl2N3O2S. The van der Waals surface area contributed by atoms with Crippen LogP contribution in [0.25, 0.3) is 10.1 Å². The fourth-order valence-corrected chi connectivity index (χ4v) is 5.17. The number of hydrogen-bond donors (Lipinski definition) is 1. The second-order valence-electron chi connectivity index (χ2n) is 7.73.